The minimum absolute atomic E-state index is 0.237. The van der Waals surface area contributed by atoms with E-state index in [9.17, 15) is 4.79 Å². The second-order valence-electron chi connectivity index (χ2n) is 2.40. The fraction of sp³-hybridized carbons (Fsp3) is 0.286. The van der Waals surface area contributed by atoms with Crippen molar-refractivity contribution in [1.82, 2.24) is 0 Å². The van der Waals surface area contributed by atoms with Crippen LogP contribution < -0.4 is 0 Å². The van der Waals surface area contributed by atoms with Crippen molar-refractivity contribution in [2.75, 3.05) is 6.61 Å². The van der Waals surface area contributed by atoms with Crippen LogP contribution in [-0.2, 0) is 4.74 Å². The number of ether oxygens (including phenoxy) is 1. The molecule has 0 atom stereocenters. The molecule has 0 spiro atoms. The van der Waals surface area contributed by atoms with Gasteiger partial charge in [0.25, 0.3) is 0 Å². The van der Waals surface area contributed by atoms with Crippen LogP contribution in [-0.4, -0.2) is 24.1 Å². The lowest BCUT2D eigenvalue weighted by atomic mass is 10.1. The number of hydrogen-bond donors (Lipinski definition) is 0. The van der Waals surface area contributed by atoms with Crippen molar-refractivity contribution in [3.05, 3.63) is 10.7 Å². The summed E-state index contributed by atoms with van der Waals surface area (Å²) in [6.07, 6.45) is 1.99. The molecule has 0 radical (unpaired) electrons. The molecule has 12 heavy (non-hydrogen) atoms. The number of rotatable bonds is 0. The van der Waals surface area contributed by atoms with Crippen molar-refractivity contribution < 1.29 is 9.53 Å². The Balaban J connectivity index is 2.36. The topological polar surface area (TPSA) is 51.0 Å². The average Bonchev–Trinajstić information content (AvgIpc) is 2.05. The Hall–Kier alpha value is -0.970. The predicted molar refractivity (Wildman–Crippen MR) is 47.8 cm³/mol. The zero-order valence-electron chi connectivity index (χ0n) is 6.08. The molecule has 1 amide bonds. The molecule has 0 bridgehead atoms. The number of halogens is 1. The molecule has 0 aliphatic carbocycles. The van der Waals surface area contributed by atoms with E-state index in [2.05, 4.69) is 25.9 Å². The maximum Gasteiger partial charge on any atom is 0.434 e. The van der Waals surface area contributed by atoms with Crippen LogP contribution in [0.25, 0.3) is 0 Å². The van der Waals surface area contributed by atoms with Crippen molar-refractivity contribution in [3.8, 4) is 0 Å². The first-order chi connectivity index (χ1) is 5.75. The first-order valence-electron chi connectivity index (χ1n) is 3.43. The van der Waals surface area contributed by atoms with Crippen molar-refractivity contribution in [1.29, 1.82) is 0 Å². The van der Waals surface area contributed by atoms with Gasteiger partial charge >= 0.3 is 6.09 Å². The number of cyclic esters (lactones) is 1. The van der Waals surface area contributed by atoms with Crippen LogP contribution in [0.2, 0.25) is 0 Å². The van der Waals surface area contributed by atoms with E-state index in [0.29, 0.717) is 6.42 Å². The van der Waals surface area contributed by atoms with Gasteiger partial charge in [-0.15, -0.1) is 0 Å². The van der Waals surface area contributed by atoms with Gasteiger partial charge in [-0.1, -0.05) is 0 Å². The van der Waals surface area contributed by atoms with Gasteiger partial charge in [-0.3, -0.25) is 0 Å². The molecular formula is C7H5BrN2O2. The minimum Gasteiger partial charge on any atom is -0.441 e. The largest absolute Gasteiger partial charge is 0.441 e. The number of amides is 1. The van der Waals surface area contributed by atoms with Crippen LogP contribution in [0, 0.1) is 0 Å². The van der Waals surface area contributed by atoms with Gasteiger partial charge in [0.15, 0.2) is 0 Å². The van der Waals surface area contributed by atoms with Gasteiger partial charge in [-0.2, -0.15) is 4.99 Å². The summed E-state index contributed by atoms with van der Waals surface area (Å²) in [6.45, 7) is 0.237. The van der Waals surface area contributed by atoms with Crippen molar-refractivity contribution in [3.63, 3.8) is 0 Å². The van der Waals surface area contributed by atoms with Gasteiger partial charge in [0.2, 0.25) is 0 Å². The lowest BCUT2D eigenvalue weighted by Crippen LogP contribution is -2.29. The van der Waals surface area contributed by atoms with E-state index < -0.39 is 6.09 Å². The fourth-order valence-corrected chi connectivity index (χ4v) is 1.41. The normalized spacial score (nSPS) is 21.8. The first kappa shape index (κ1) is 7.67. The lowest BCUT2D eigenvalue weighted by molar-refractivity contribution is 0.172. The Morgan fingerprint density at radius 2 is 2.25 bits per heavy atom. The zero-order valence-corrected chi connectivity index (χ0v) is 7.67. The number of fused-ring (bicyclic) bond motifs is 1. The molecule has 2 aliphatic heterocycles. The summed E-state index contributed by atoms with van der Waals surface area (Å²) < 4.78 is 5.46. The Morgan fingerprint density at radius 3 is 3.08 bits per heavy atom. The highest BCUT2D eigenvalue weighted by Gasteiger charge is 2.21. The van der Waals surface area contributed by atoms with Crippen LogP contribution in [0.1, 0.15) is 6.42 Å². The van der Waals surface area contributed by atoms with Crippen molar-refractivity contribution in [2.24, 2.45) is 9.98 Å². The van der Waals surface area contributed by atoms with Crippen LogP contribution in [0.3, 0.4) is 0 Å². The monoisotopic (exact) mass is 228 g/mol. The zero-order chi connectivity index (χ0) is 8.55. The summed E-state index contributed by atoms with van der Waals surface area (Å²) in [6, 6.07) is 0. The number of allylic oxidation sites excluding steroid dienone is 1. The number of aliphatic imine (C=N–C) groups is 2. The number of carbonyl (C=O) groups is 1. The van der Waals surface area contributed by atoms with Gasteiger partial charge < -0.3 is 4.74 Å². The summed E-state index contributed by atoms with van der Waals surface area (Å²) in [5.74, 6) is 0. The van der Waals surface area contributed by atoms with Gasteiger partial charge in [0.05, 0.1) is 5.71 Å². The Bertz CT molecular complexity index is 330. The van der Waals surface area contributed by atoms with Crippen LogP contribution in [0.5, 0.6) is 0 Å². The summed E-state index contributed by atoms with van der Waals surface area (Å²) >= 11 is 3.24. The van der Waals surface area contributed by atoms with Gasteiger partial charge in [0.1, 0.15) is 16.9 Å². The third-order valence-corrected chi connectivity index (χ3v) is 2.10. The third-order valence-electron chi connectivity index (χ3n) is 1.60. The summed E-state index contributed by atoms with van der Waals surface area (Å²) in [4.78, 5) is 18.5. The molecule has 2 heterocycles. The molecule has 2 aliphatic rings. The maximum atomic E-state index is 10.7. The Kier molecular flexibility index (Phi) is 1.80. The molecule has 5 heteroatoms. The molecule has 0 saturated heterocycles. The van der Waals surface area contributed by atoms with E-state index in [1.54, 1.807) is 0 Å². The highest BCUT2D eigenvalue weighted by atomic mass is 79.9. The molecule has 0 fully saturated rings. The molecular weight excluding hydrogens is 224 g/mol. The van der Waals surface area contributed by atoms with Gasteiger partial charge in [-0.05, 0) is 22.0 Å². The summed E-state index contributed by atoms with van der Waals surface area (Å²) in [7, 11) is 0. The molecule has 0 saturated carbocycles. The smallest absolute Gasteiger partial charge is 0.434 e. The van der Waals surface area contributed by atoms with Crippen LogP contribution >= 0.6 is 15.9 Å². The van der Waals surface area contributed by atoms with E-state index in [4.69, 9.17) is 4.74 Å². The number of hydrogen-bond acceptors (Lipinski definition) is 3. The first-order valence-corrected chi connectivity index (χ1v) is 4.23. The Morgan fingerprint density at radius 1 is 1.42 bits per heavy atom. The summed E-state index contributed by atoms with van der Waals surface area (Å²) in [5.41, 5.74) is 1.46. The molecule has 4 nitrogen and oxygen atoms in total. The van der Waals surface area contributed by atoms with E-state index in [-0.39, 0.29) is 6.61 Å². The average molecular weight is 229 g/mol. The van der Waals surface area contributed by atoms with Crippen molar-refractivity contribution >= 4 is 33.4 Å². The molecule has 62 valence electrons. The standard InChI is InChI=1S/C7H5BrN2O2/c8-6-2-1-4-5(9-6)3-12-7(11)10-4/h2H,1,3H2. The highest BCUT2D eigenvalue weighted by Crippen LogP contribution is 2.17. The van der Waals surface area contributed by atoms with E-state index in [1.165, 1.54) is 0 Å². The molecule has 0 aromatic carbocycles. The minimum atomic E-state index is -0.518. The highest BCUT2D eigenvalue weighted by molar-refractivity contribution is 9.11. The van der Waals surface area contributed by atoms with Gasteiger partial charge in [-0.25, -0.2) is 9.79 Å². The van der Waals surface area contributed by atoms with Crippen molar-refractivity contribution in [2.45, 2.75) is 6.42 Å². The number of nitrogens with zero attached hydrogens (tertiary/aromatic N) is 2. The SMILES string of the molecule is O=C1N=C2CC=C(Br)N=C2CO1. The van der Waals surface area contributed by atoms with E-state index in [0.717, 1.165) is 16.0 Å². The molecule has 0 N–H and O–H groups in total. The second kappa shape index (κ2) is 2.82. The fourth-order valence-electron chi connectivity index (χ4n) is 1.04. The molecule has 0 aromatic heterocycles. The molecule has 0 unspecified atom stereocenters. The lowest BCUT2D eigenvalue weighted by Gasteiger charge is -2.15. The molecule has 0 aromatic rings. The van der Waals surface area contributed by atoms with Crippen LogP contribution in [0.4, 0.5) is 4.79 Å². The van der Waals surface area contributed by atoms with Crippen LogP contribution in [0.15, 0.2) is 20.7 Å². The number of carbonyl (C=O) groups excluding carboxylic acids is 1. The quantitative estimate of drug-likeness (QED) is 0.593. The third kappa shape index (κ3) is 1.32. The van der Waals surface area contributed by atoms with Gasteiger partial charge in [0, 0.05) is 6.42 Å². The Labute approximate surface area is 77.2 Å². The predicted octanol–water partition coefficient (Wildman–Crippen LogP) is 1.66. The van der Waals surface area contributed by atoms with E-state index >= 15 is 0 Å². The second-order valence-corrected chi connectivity index (χ2v) is 3.22. The molecule has 2 rings (SSSR count). The summed E-state index contributed by atoms with van der Waals surface area (Å²) in [5, 5.41) is 0. The van der Waals surface area contributed by atoms with E-state index in [1.807, 2.05) is 6.08 Å². The maximum absolute atomic E-state index is 10.7.